The van der Waals surface area contributed by atoms with Crippen molar-refractivity contribution in [3.63, 3.8) is 0 Å². The number of esters is 1. The van der Waals surface area contributed by atoms with E-state index < -0.39 is 24.3 Å². The van der Waals surface area contributed by atoms with Crippen molar-refractivity contribution in [1.82, 2.24) is 5.32 Å². The molecule has 27 heavy (non-hydrogen) atoms. The van der Waals surface area contributed by atoms with Gasteiger partial charge in [-0.15, -0.1) is 0 Å². The summed E-state index contributed by atoms with van der Waals surface area (Å²) in [5, 5.41) is 3.78. The van der Waals surface area contributed by atoms with Crippen molar-refractivity contribution in [2.24, 2.45) is 0 Å². The number of rotatable bonds is 6. The lowest BCUT2D eigenvalue weighted by molar-refractivity contribution is -0.124. The van der Waals surface area contributed by atoms with E-state index in [2.05, 4.69) is 5.32 Å². The monoisotopic (exact) mass is 389 g/mol. The highest BCUT2D eigenvalue weighted by Gasteiger charge is 2.21. The molecule has 0 aliphatic heterocycles. The van der Waals surface area contributed by atoms with Crippen LogP contribution >= 0.6 is 11.6 Å². The number of para-hydroxylation sites is 1. The zero-order valence-corrected chi connectivity index (χ0v) is 15.3. The van der Waals surface area contributed by atoms with E-state index in [1.54, 1.807) is 19.1 Å². The van der Waals surface area contributed by atoms with Gasteiger partial charge in [0.15, 0.2) is 18.0 Å². The van der Waals surface area contributed by atoms with Crippen LogP contribution < -0.4 is 5.32 Å². The lowest BCUT2D eigenvalue weighted by Gasteiger charge is -2.06. The van der Waals surface area contributed by atoms with Gasteiger partial charge in [0.2, 0.25) is 5.76 Å². The fraction of sp³-hybridized carbons (Fsp3) is 0.200. The van der Waals surface area contributed by atoms with E-state index in [-0.39, 0.29) is 11.3 Å². The summed E-state index contributed by atoms with van der Waals surface area (Å²) in [6.45, 7) is 1.56. The Kier molecular flexibility index (Phi) is 5.76. The number of carbonyl (C=O) groups is 2. The Balaban J connectivity index is 1.52. The number of nitrogens with one attached hydrogen (secondary N) is 1. The third kappa shape index (κ3) is 4.46. The van der Waals surface area contributed by atoms with E-state index in [0.29, 0.717) is 28.9 Å². The van der Waals surface area contributed by atoms with Crippen molar-refractivity contribution < 1.29 is 23.1 Å². The summed E-state index contributed by atoms with van der Waals surface area (Å²) in [6.07, 6.45) is 0.599. The van der Waals surface area contributed by atoms with Crippen molar-refractivity contribution in [1.29, 1.82) is 0 Å². The van der Waals surface area contributed by atoms with Crippen molar-refractivity contribution in [2.45, 2.75) is 13.3 Å². The van der Waals surface area contributed by atoms with E-state index in [4.69, 9.17) is 20.8 Å². The average molecular weight is 390 g/mol. The summed E-state index contributed by atoms with van der Waals surface area (Å²) < 4.78 is 24.0. The van der Waals surface area contributed by atoms with E-state index in [9.17, 15) is 14.0 Å². The van der Waals surface area contributed by atoms with Crippen molar-refractivity contribution >= 4 is 34.4 Å². The third-order valence-electron chi connectivity index (χ3n) is 4.06. The molecule has 1 heterocycles. The second kappa shape index (κ2) is 8.22. The first-order valence-electron chi connectivity index (χ1n) is 8.31. The lowest BCUT2D eigenvalue weighted by Crippen LogP contribution is -2.30. The number of hydrogen-bond acceptors (Lipinski definition) is 4. The molecule has 0 atom stereocenters. The van der Waals surface area contributed by atoms with Crippen LogP contribution in [0.25, 0.3) is 11.0 Å². The molecule has 1 N–H and O–H groups in total. The number of benzene rings is 2. The highest BCUT2D eigenvalue weighted by Crippen LogP contribution is 2.27. The molecule has 140 valence electrons. The SMILES string of the molecule is Cc1c(C(=O)OCC(=O)NCCc2cccc(Cl)c2)oc2c(F)cccc12. The summed E-state index contributed by atoms with van der Waals surface area (Å²) in [4.78, 5) is 24.0. The van der Waals surface area contributed by atoms with Gasteiger partial charge in [-0.3, -0.25) is 4.79 Å². The maximum absolute atomic E-state index is 13.7. The summed E-state index contributed by atoms with van der Waals surface area (Å²) >= 11 is 5.90. The molecule has 0 unspecified atom stereocenters. The zero-order valence-electron chi connectivity index (χ0n) is 14.6. The van der Waals surface area contributed by atoms with Gasteiger partial charge in [0.25, 0.3) is 5.91 Å². The predicted molar refractivity (Wildman–Crippen MR) is 99.4 cm³/mol. The minimum atomic E-state index is -0.812. The van der Waals surface area contributed by atoms with Gasteiger partial charge < -0.3 is 14.5 Å². The van der Waals surface area contributed by atoms with Crippen molar-refractivity contribution in [3.05, 3.63) is 70.2 Å². The molecular formula is C20H17ClFNO4. The van der Waals surface area contributed by atoms with Gasteiger partial charge in [0, 0.05) is 22.5 Å². The number of amides is 1. The van der Waals surface area contributed by atoms with Crippen LogP contribution in [0.2, 0.25) is 5.02 Å². The lowest BCUT2D eigenvalue weighted by atomic mass is 10.1. The quantitative estimate of drug-likeness (QED) is 0.646. The van der Waals surface area contributed by atoms with Crippen LogP contribution in [-0.4, -0.2) is 25.0 Å². The largest absolute Gasteiger partial charge is 0.450 e. The minimum Gasteiger partial charge on any atom is -0.450 e. The molecular weight excluding hydrogens is 373 g/mol. The maximum Gasteiger partial charge on any atom is 0.375 e. The molecule has 1 amide bonds. The molecule has 0 saturated heterocycles. The molecule has 0 fully saturated rings. The van der Waals surface area contributed by atoms with Crippen LogP contribution in [0.5, 0.6) is 0 Å². The normalized spacial score (nSPS) is 10.8. The Morgan fingerprint density at radius 2 is 2.00 bits per heavy atom. The fourth-order valence-electron chi connectivity index (χ4n) is 2.69. The number of ether oxygens (including phenoxy) is 1. The van der Waals surface area contributed by atoms with E-state index in [1.807, 2.05) is 18.2 Å². The molecule has 2 aromatic carbocycles. The predicted octanol–water partition coefficient (Wildman–Crippen LogP) is 4.05. The highest BCUT2D eigenvalue weighted by molar-refractivity contribution is 6.30. The molecule has 0 aliphatic carbocycles. The number of furan rings is 1. The molecule has 0 aliphatic rings. The van der Waals surface area contributed by atoms with Gasteiger partial charge in [-0.1, -0.05) is 35.9 Å². The Morgan fingerprint density at radius 3 is 2.74 bits per heavy atom. The second-order valence-corrected chi connectivity index (χ2v) is 6.42. The standard InChI is InChI=1S/C20H17ClFNO4/c1-12-15-6-3-7-16(22)19(15)27-18(12)20(25)26-11-17(24)23-9-8-13-4-2-5-14(21)10-13/h2-7,10H,8-9,11H2,1H3,(H,23,24). The van der Waals surface area contributed by atoms with Crippen LogP contribution in [0.15, 0.2) is 46.9 Å². The van der Waals surface area contributed by atoms with Gasteiger partial charge in [-0.05, 0) is 37.1 Å². The smallest absolute Gasteiger partial charge is 0.375 e. The Labute approximate surface area is 160 Å². The Hall–Kier alpha value is -2.86. The summed E-state index contributed by atoms with van der Waals surface area (Å²) in [5.74, 6) is -1.92. The third-order valence-corrected chi connectivity index (χ3v) is 4.30. The second-order valence-electron chi connectivity index (χ2n) is 5.98. The van der Waals surface area contributed by atoms with Gasteiger partial charge in [-0.2, -0.15) is 0 Å². The first-order chi connectivity index (χ1) is 13.0. The Bertz CT molecular complexity index is 999. The Morgan fingerprint density at radius 1 is 1.22 bits per heavy atom. The van der Waals surface area contributed by atoms with Gasteiger partial charge in [0.1, 0.15) is 0 Å². The average Bonchev–Trinajstić information content (AvgIpc) is 2.98. The summed E-state index contributed by atoms with van der Waals surface area (Å²) in [7, 11) is 0. The number of halogens is 2. The fourth-order valence-corrected chi connectivity index (χ4v) is 2.90. The zero-order chi connectivity index (χ0) is 19.4. The number of aryl methyl sites for hydroxylation is 1. The first kappa shape index (κ1) is 18.9. The van der Waals surface area contributed by atoms with Crippen LogP contribution in [0.3, 0.4) is 0 Å². The molecule has 3 aromatic rings. The van der Waals surface area contributed by atoms with Crippen LogP contribution in [0.4, 0.5) is 4.39 Å². The molecule has 0 saturated carbocycles. The number of carbonyl (C=O) groups excluding carboxylic acids is 2. The topological polar surface area (TPSA) is 68.5 Å². The minimum absolute atomic E-state index is 0.00655. The molecule has 0 bridgehead atoms. The molecule has 5 nitrogen and oxygen atoms in total. The van der Waals surface area contributed by atoms with E-state index in [1.165, 1.54) is 12.1 Å². The van der Waals surface area contributed by atoms with Crippen LogP contribution in [0.1, 0.15) is 21.7 Å². The first-order valence-corrected chi connectivity index (χ1v) is 8.69. The van der Waals surface area contributed by atoms with E-state index in [0.717, 1.165) is 5.56 Å². The maximum atomic E-state index is 13.7. The van der Waals surface area contributed by atoms with Gasteiger partial charge in [-0.25, -0.2) is 9.18 Å². The number of fused-ring (bicyclic) bond motifs is 1. The van der Waals surface area contributed by atoms with Crippen LogP contribution in [-0.2, 0) is 16.0 Å². The molecule has 3 rings (SSSR count). The molecule has 7 heteroatoms. The van der Waals surface area contributed by atoms with Crippen molar-refractivity contribution in [2.75, 3.05) is 13.2 Å². The van der Waals surface area contributed by atoms with E-state index >= 15 is 0 Å². The molecule has 0 radical (unpaired) electrons. The molecule has 0 spiro atoms. The van der Waals surface area contributed by atoms with Gasteiger partial charge >= 0.3 is 5.97 Å². The number of hydrogen-bond donors (Lipinski definition) is 1. The van der Waals surface area contributed by atoms with Crippen LogP contribution in [0, 0.1) is 12.7 Å². The summed E-state index contributed by atoms with van der Waals surface area (Å²) in [5.41, 5.74) is 1.45. The van der Waals surface area contributed by atoms with Crippen molar-refractivity contribution in [3.8, 4) is 0 Å². The highest BCUT2D eigenvalue weighted by atomic mass is 35.5. The molecule has 1 aromatic heterocycles. The summed E-state index contributed by atoms with van der Waals surface area (Å²) in [6, 6.07) is 11.8. The van der Waals surface area contributed by atoms with Gasteiger partial charge in [0.05, 0.1) is 0 Å².